The van der Waals surface area contributed by atoms with Gasteiger partial charge in [0, 0.05) is 38.3 Å². The van der Waals surface area contributed by atoms with Gasteiger partial charge < -0.3 is 14.4 Å². The van der Waals surface area contributed by atoms with E-state index in [1.165, 1.54) is 23.1 Å². The summed E-state index contributed by atoms with van der Waals surface area (Å²) < 4.78 is 46.4. The molecule has 1 heterocycles. The molecule has 1 fully saturated rings. The molecule has 0 aliphatic carbocycles. The average Bonchev–Trinajstić information content (AvgIpc) is 2.48. The predicted octanol–water partition coefficient (Wildman–Crippen LogP) is 2.97. The predicted molar refractivity (Wildman–Crippen MR) is 73.1 cm³/mol. The number of carbonyl (C=O) groups is 1. The van der Waals surface area contributed by atoms with Gasteiger partial charge in [0.1, 0.15) is 5.75 Å². The lowest BCUT2D eigenvalue weighted by molar-refractivity contribution is -0.275. The summed E-state index contributed by atoms with van der Waals surface area (Å²) in [5.74, 6) is -0.485. The lowest BCUT2D eigenvalue weighted by Crippen LogP contribution is -2.35. The normalized spacial score (nSPS) is 16.4. The summed E-state index contributed by atoms with van der Waals surface area (Å²) in [7, 11) is 1.59. The van der Waals surface area contributed by atoms with Gasteiger partial charge in [-0.25, -0.2) is 0 Å². The van der Waals surface area contributed by atoms with E-state index in [2.05, 4.69) is 4.74 Å². The summed E-state index contributed by atoms with van der Waals surface area (Å²) in [5.41, 5.74) is 0.322. The van der Waals surface area contributed by atoms with Crippen molar-refractivity contribution in [3.63, 3.8) is 0 Å². The highest BCUT2D eigenvalue weighted by atomic mass is 19.4. The standard InChI is InChI=1S/C15H18F3NO3/c1-19(14(20)11-6-8-21-9-7-11)10-12-4-2-3-5-13(12)22-15(16,17)18/h2-5,11H,6-10H2,1H3. The van der Waals surface area contributed by atoms with Gasteiger partial charge in [0.05, 0.1) is 0 Å². The highest BCUT2D eigenvalue weighted by molar-refractivity contribution is 5.78. The molecular formula is C15H18F3NO3. The van der Waals surface area contributed by atoms with Crippen molar-refractivity contribution < 1.29 is 27.4 Å². The summed E-state index contributed by atoms with van der Waals surface area (Å²) in [5, 5.41) is 0. The van der Waals surface area contributed by atoms with Gasteiger partial charge >= 0.3 is 6.36 Å². The van der Waals surface area contributed by atoms with E-state index in [0.29, 0.717) is 31.6 Å². The van der Waals surface area contributed by atoms with Crippen molar-refractivity contribution in [2.45, 2.75) is 25.7 Å². The quantitative estimate of drug-likeness (QED) is 0.857. The molecule has 4 nitrogen and oxygen atoms in total. The second-order valence-electron chi connectivity index (χ2n) is 5.24. The second-order valence-corrected chi connectivity index (χ2v) is 5.24. The van der Waals surface area contributed by atoms with Crippen LogP contribution in [0.5, 0.6) is 5.75 Å². The van der Waals surface area contributed by atoms with Crippen molar-refractivity contribution in [1.29, 1.82) is 0 Å². The molecule has 0 atom stereocenters. The minimum atomic E-state index is -4.75. The van der Waals surface area contributed by atoms with Gasteiger partial charge in [-0.1, -0.05) is 18.2 Å². The molecule has 0 aromatic heterocycles. The van der Waals surface area contributed by atoms with E-state index in [9.17, 15) is 18.0 Å². The van der Waals surface area contributed by atoms with Gasteiger partial charge in [-0.05, 0) is 18.9 Å². The number of hydrogen-bond donors (Lipinski definition) is 0. The van der Waals surface area contributed by atoms with E-state index in [-0.39, 0.29) is 24.1 Å². The average molecular weight is 317 g/mol. The van der Waals surface area contributed by atoms with E-state index in [1.807, 2.05) is 0 Å². The van der Waals surface area contributed by atoms with Gasteiger partial charge in [0.2, 0.25) is 5.91 Å². The van der Waals surface area contributed by atoms with E-state index >= 15 is 0 Å². The molecule has 7 heteroatoms. The molecule has 1 aliphatic rings. The number of amides is 1. The minimum Gasteiger partial charge on any atom is -0.405 e. The zero-order chi connectivity index (χ0) is 16.2. The maximum Gasteiger partial charge on any atom is 0.573 e. The Labute approximate surface area is 126 Å². The van der Waals surface area contributed by atoms with Crippen LogP contribution in [0.2, 0.25) is 0 Å². The van der Waals surface area contributed by atoms with E-state index in [1.54, 1.807) is 13.1 Å². The maximum absolute atomic E-state index is 12.4. The molecule has 1 amide bonds. The van der Waals surface area contributed by atoms with Crippen molar-refractivity contribution in [3.05, 3.63) is 29.8 Å². The van der Waals surface area contributed by atoms with Crippen LogP contribution in [0.25, 0.3) is 0 Å². The summed E-state index contributed by atoms with van der Waals surface area (Å²) in [6.07, 6.45) is -3.47. The summed E-state index contributed by atoms with van der Waals surface area (Å²) in [6.45, 7) is 1.15. The molecule has 0 N–H and O–H groups in total. The lowest BCUT2D eigenvalue weighted by atomic mass is 9.98. The summed E-state index contributed by atoms with van der Waals surface area (Å²) >= 11 is 0. The first-order chi connectivity index (χ1) is 10.4. The van der Waals surface area contributed by atoms with E-state index < -0.39 is 6.36 Å². The van der Waals surface area contributed by atoms with E-state index in [4.69, 9.17) is 4.74 Å². The third kappa shape index (κ3) is 4.62. The van der Waals surface area contributed by atoms with Crippen molar-refractivity contribution in [2.24, 2.45) is 5.92 Å². The van der Waals surface area contributed by atoms with Gasteiger partial charge in [0.15, 0.2) is 0 Å². The van der Waals surface area contributed by atoms with Crippen LogP contribution in [-0.4, -0.2) is 37.4 Å². The zero-order valence-electron chi connectivity index (χ0n) is 12.2. The Bertz CT molecular complexity index is 513. The van der Waals surface area contributed by atoms with E-state index in [0.717, 1.165) is 0 Å². The van der Waals surface area contributed by atoms with Crippen LogP contribution in [0.4, 0.5) is 13.2 Å². The Morgan fingerprint density at radius 3 is 2.59 bits per heavy atom. The summed E-state index contributed by atoms with van der Waals surface area (Å²) in [6, 6.07) is 5.85. The summed E-state index contributed by atoms with van der Waals surface area (Å²) in [4.78, 5) is 13.7. The molecule has 22 heavy (non-hydrogen) atoms. The Hall–Kier alpha value is -1.76. The number of alkyl halides is 3. The van der Waals surface area contributed by atoms with Crippen molar-refractivity contribution in [1.82, 2.24) is 4.90 Å². The number of ether oxygens (including phenoxy) is 2. The van der Waals surface area contributed by atoms with Gasteiger partial charge in [-0.2, -0.15) is 0 Å². The SMILES string of the molecule is CN(Cc1ccccc1OC(F)(F)F)C(=O)C1CCOCC1. The third-order valence-corrected chi connectivity index (χ3v) is 3.55. The van der Waals surface area contributed by atoms with Gasteiger partial charge in [-0.3, -0.25) is 4.79 Å². The minimum absolute atomic E-state index is 0.0719. The molecule has 0 saturated carbocycles. The molecule has 1 aliphatic heterocycles. The first kappa shape index (κ1) is 16.6. The highest BCUT2D eigenvalue weighted by Crippen LogP contribution is 2.27. The number of para-hydroxylation sites is 1. The molecule has 0 unspecified atom stereocenters. The Morgan fingerprint density at radius 2 is 1.95 bits per heavy atom. The smallest absolute Gasteiger partial charge is 0.405 e. The first-order valence-electron chi connectivity index (χ1n) is 7.03. The number of carbonyl (C=O) groups excluding carboxylic acids is 1. The molecule has 1 aromatic rings. The van der Waals surface area contributed by atoms with Gasteiger partial charge in [0.25, 0.3) is 0 Å². The highest BCUT2D eigenvalue weighted by Gasteiger charge is 2.32. The fraction of sp³-hybridized carbons (Fsp3) is 0.533. The van der Waals surface area contributed by atoms with Crippen LogP contribution in [-0.2, 0) is 16.1 Å². The lowest BCUT2D eigenvalue weighted by Gasteiger charge is -2.27. The fourth-order valence-electron chi connectivity index (χ4n) is 2.45. The number of benzene rings is 1. The Kier molecular flexibility index (Phi) is 5.28. The monoisotopic (exact) mass is 317 g/mol. The molecular weight excluding hydrogens is 299 g/mol. The second kappa shape index (κ2) is 7.00. The zero-order valence-corrected chi connectivity index (χ0v) is 12.2. The molecule has 1 saturated heterocycles. The molecule has 0 radical (unpaired) electrons. The number of halogens is 3. The van der Waals surface area contributed by atoms with Crippen LogP contribution >= 0.6 is 0 Å². The van der Waals surface area contributed by atoms with Crippen molar-refractivity contribution in [2.75, 3.05) is 20.3 Å². The van der Waals surface area contributed by atoms with Crippen LogP contribution < -0.4 is 4.74 Å². The largest absolute Gasteiger partial charge is 0.573 e. The maximum atomic E-state index is 12.4. The third-order valence-electron chi connectivity index (χ3n) is 3.55. The van der Waals surface area contributed by atoms with Crippen LogP contribution in [0.1, 0.15) is 18.4 Å². The van der Waals surface area contributed by atoms with Crippen LogP contribution in [0.3, 0.4) is 0 Å². The molecule has 122 valence electrons. The first-order valence-corrected chi connectivity index (χ1v) is 7.03. The Morgan fingerprint density at radius 1 is 1.32 bits per heavy atom. The molecule has 0 bridgehead atoms. The number of nitrogens with zero attached hydrogens (tertiary/aromatic N) is 1. The van der Waals surface area contributed by atoms with Gasteiger partial charge in [-0.15, -0.1) is 13.2 Å². The van der Waals surface area contributed by atoms with Crippen LogP contribution in [0, 0.1) is 5.92 Å². The number of hydrogen-bond acceptors (Lipinski definition) is 3. The fourth-order valence-corrected chi connectivity index (χ4v) is 2.45. The molecule has 1 aromatic carbocycles. The topological polar surface area (TPSA) is 38.8 Å². The number of rotatable bonds is 4. The molecule has 0 spiro atoms. The van der Waals surface area contributed by atoms with Crippen LogP contribution in [0.15, 0.2) is 24.3 Å². The van der Waals surface area contributed by atoms with Crippen molar-refractivity contribution >= 4 is 5.91 Å². The van der Waals surface area contributed by atoms with Crippen molar-refractivity contribution in [3.8, 4) is 5.75 Å². The Balaban J connectivity index is 2.04. The molecule has 2 rings (SSSR count).